The molecule has 1 saturated carbocycles. The molecule has 3 amide bonds. The summed E-state index contributed by atoms with van der Waals surface area (Å²) in [6.07, 6.45) is 6.79. The average Bonchev–Trinajstić information content (AvgIpc) is 3.56. The van der Waals surface area contributed by atoms with Gasteiger partial charge in [-0.2, -0.15) is 0 Å². The van der Waals surface area contributed by atoms with Crippen LogP contribution in [0.5, 0.6) is 0 Å². The fourth-order valence-electron chi connectivity index (χ4n) is 6.01. The lowest BCUT2D eigenvalue weighted by Gasteiger charge is -2.36. The Kier molecular flexibility index (Phi) is 8.08. The molecule has 2 aromatic rings. The molecule has 8 nitrogen and oxygen atoms in total. The molecule has 198 valence electrons. The molecule has 4 heterocycles. The molecule has 2 aliphatic heterocycles. The van der Waals surface area contributed by atoms with Crippen molar-refractivity contribution in [2.75, 3.05) is 44.2 Å². The van der Waals surface area contributed by atoms with Crippen molar-refractivity contribution in [1.29, 1.82) is 0 Å². The summed E-state index contributed by atoms with van der Waals surface area (Å²) >= 11 is 1.50. The third-order valence-corrected chi connectivity index (χ3v) is 9.01. The van der Waals surface area contributed by atoms with Crippen LogP contribution >= 0.6 is 11.3 Å². The highest BCUT2D eigenvalue weighted by Crippen LogP contribution is 2.38. The first-order chi connectivity index (χ1) is 18.0. The molecule has 5 rings (SSSR count). The van der Waals surface area contributed by atoms with E-state index < -0.39 is 0 Å². The highest BCUT2D eigenvalue weighted by Gasteiger charge is 2.47. The van der Waals surface area contributed by atoms with Crippen LogP contribution in [0.15, 0.2) is 36.5 Å². The van der Waals surface area contributed by atoms with Crippen LogP contribution in [-0.4, -0.2) is 77.8 Å². The van der Waals surface area contributed by atoms with Gasteiger partial charge in [-0.05, 0) is 56.9 Å². The minimum absolute atomic E-state index is 0.00257. The fraction of sp³-hybridized carbons (Fsp3) is 0.571. The summed E-state index contributed by atoms with van der Waals surface area (Å²) in [6.45, 7) is 6.07. The van der Waals surface area contributed by atoms with Gasteiger partial charge in [0.05, 0.1) is 10.8 Å². The first kappa shape index (κ1) is 25.7. The van der Waals surface area contributed by atoms with Crippen molar-refractivity contribution >= 4 is 34.9 Å². The summed E-state index contributed by atoms with van der Waals surface area (Å²) in [5, 5.41) is 3.11. The van der Waals surface area contributed by atoms with Gasteiger partial charge < -0.3 is 20.0 Å². The number of hydrogen-bond acceptors (Lipinski definition) is 6. The third-order valence-electron chi connectivity index (χ3n) is 8.02. The summed E-state index contributed by atoms with van der Waals surface area (Å²) in [5.74, 6) is 0.441. The Hall–Kier alpha value is -2.94. The highest BCUT2D eigenvalue weighted by molar-refractivity contribution is 7.13. The molecule has 1 aliphatic carbocycles. The van der Waals surface area contributed by atoms with E-state index in [4.69, 9.17) is 0 Å². The van der Waals surface area contributed by atoms with Gasteiger partial charge in [-0.25, -0.2) is 4.98 Å². The molecule has 3 unspecified atom stereocenters. The van der Waals surface area contributed by atoms with E-state index in [0.717, 1.165) is 49.5 Å². The Morgan fingerprint density at radius 3 is 2.51 bits per heavy atom. The molecule has 9 heteroatoms. The normalized spacial score (nSPS) is 25.3. The second-order valence-corrected chi connectivity index (χ2v) is 11.7. The van der Waals surface area contributed by atoms with Crippen molar-refractivity contribution in [1.82, 2.24) is 20.1 Å². The number of anilines is 1. The van der Waals surface area contributed by atoms with E-state index in [1.54, 1.807) is 6.20 Å². The molecular weight excluding hydrogens is 486 g/mol. The van der Waals surface area contributed by atoms with Gasteiger partial charge in [0.2, 0.25) is 11.8 Å². The molecule has 0 aromatic carbocycles. The Bertz CT molecular complexity index is 1100. The number of aromatic nitrogens is 1. The molecule has 2 aromatic heterocycles. The van der Waals surface area contributed by atoms with E-state index >= 15 is 0 Å². The number of nitrogens with one attached hydrogen (secondary N) is 1. The van der Waals surface area contributed by atoms with Crippen LogP contribution in [0, 0.1) is 18.8 Å². The predicted octanol–water partition coefficient (Wildman–Crippen LogP) is 3.33. The summed E-state index contributed by atoms with van der Waals surface area (Å²) < 4.78 is 0. The Labute approximate surface area is 223 Å². The van der Waals surface area contributed by atoms with Gasteiger partial charge in [-0.1, -0.05) is 18.9 Å². The van der Waals surface area contributed by atoms with E-state index in [1.165, 1.54) is 11.3 Å². The van der Waals surface area contributed by atoms with Crippen molar-refractivity contribution in [3.63, 3.8) is 0 Å². The van der Waals surface area contributed by atoms with Crippen LogP contribution in [0.2, 0.25) is 0 Å². The number of rotatable bonds is 3. The van der Waals surface area contributed by atoms with Gasteiger partial charge >= 0.3 is 0 Å². The standard InChI is InChI=1S/C28H37N5O3S/c1-20-9-10-24(37-20)28(36)33-13-7-3-2-5-12-30-26(34)22-18-21(19-23(22)33)27(35)32-16-14-31(15-17-32)25-8-4-6-11-29-25/h4,6,8-11,21-23H,2-3,5,7,12-19H2,1H3,(H,30,34). The molecule has 2 saturated heterocycles. The molecular formula is C28H37N5O3S. The number of amides is 3. The van der Waals surface area contributed by atoms with Gasteiger partial charge in [0.1, 0.15) is 5.82 Å². The molecule has 3 fully saturated rings. The van der Waals surface area contributed by atoms with Crippen LogP contribution in [0.4, 0.5) is 5.82 Å². The van der Waals surface area contributed by atoms with E-state index in [-0.39, 0.29) is 35.6 Å². The predicted molar refractivity (Wildman–Crippen MR) is 145 cm³/mol. The molecule has 0 bridgehead atoms. The third kappa shape index (κ3) is 5.81. The van der Waals surface area contributed by atoms with E-state index in [1.807, 2.05) is 47.1 Å². The quantitative estimate of drug-likeness (QED) is 0.667. The van der Waals surface area contributed by atoms with Crippen molar-refractivity contribution in [2.24, 2.45) is 11.8 Å². The van der Waals surface area contributed by atoms with Crippen molar-refractivity contribution in [2.45, 2.75) is 51.5 Å². The number of nitrogens with zero attached hydrogens (tertiary/aromatic N) is 4. The number of aryl methyl sites for hydroxylation is 1. The summed E-state index contributed by atoms with van der Waals surface area (Å²) in [7, 11) is 0. The minimum Gasteiger partial charge on any atom is -0.356 e. The first-order valence-corrected chi connectivity index (χ1v) is 14.4. The minimum atomic E-state index is -0.355. The first-order valence-electron chi connectivity index (χ1n) is 13.6. The maximum Gasteiger partial charge on any atom is 0.264 e. The highest BCUT2D eigenvalue weighted by atomic mass is 32.1. The molecule has 3 aliphatic rings. The van der Waals surface area contributed by atoms with E-state index in [2.05, 4.69) is 15.2 Å². The van der Waals surface area contributed by atoms with Crippen LogP contribution in [0.25, 0.3) is 0 Å². The maximum atomic E-state index is 13.7. The average molecular weight is 524 g/mol. The Morgan fingerprint density at radius 1 is 0.973 bits per heavy atom. The lowest BCUT2D eigenvalue weighted by Crippen LogP contribution is -2.50. The lowest BCUT2D eigenvalue weighted by molar-refractivity contribution is -0.135. The zero-order chi connectivity index (χ0) is 25.8. The van der Waals surface area contributed by atoms with Crippen molar-refractivity contribution in [3.05, 3.63) is 46.3 Å². The number of thiophene rings is 1. The smallest absolute Gasteiger partial charge is 0.264 e. The van der Waals surface area contributed by atoms with Gasteiger partial charge in [0.15, 0.2) is 0 Å². The second-order valence-electron chi connectivity index (χ2n) is 10.5. The Morgan fingerprint density at radius 2 is 1.78 bits per heavy atom. The topological polar surface area (TPSA) is 85.8 Å². The van der Waals surface area contributed by atoms with Crippen molar-refractivity contribution < 1.29 is 14.4 Å². The molecule has 3 atom stereocenters. The van der Waals surface area contributed by atoms with Crippen LogP contribution in [-0.2, 0) is 9.59 Å². The van der Waals surface area contributed by atoms with Crippen LogP contribution in [0.1, 0.15) is 53.1 Å². The number of carbonyl (C=O) groups is 3. The number of piperazine rings is 1. The summed E-state index contributed by atoms with van der Waals surface area (Å²) in [6, 6.07) is 9.49. The second kappa shape index (κ2) is 11.6. The van der Waals surface area contributed by atoms with E-state index in [0.29, 0.717) is 43.9 Å². The zero-order valence-corrected chi connectivity index (χ0v) is 22.4. The maximum absolute atomic E-state index is 13.7. The lowest BCUT2D eigenvalue weighted by atomic mass is 10.00. The van der Waals surface area contributed by atoms with Crippen LogP contribution < -0.4 is 10.2 Å². The van der Waals surface area contributed by atoms with Crippen molar-refractivity contribution in [3.8, 4) is 0 Å². The van der Waals surface area contributed by atoms with E-state index in [9.17, 15) is 14.4 Å². The number of carbonyl (C=O) groups excluding carboxylic acids is 3. The molecule has 0 spiro atoms. The van der Waals surface area contributed by atoms with Gasteiger partial charge in [0.25, 0.3) is 5.91 Å². The SMILES string of the molecule is Cc1ccc(C(=O)N2CCCCCCNC(=O)C3CC(C(=O)N4CCN(c5ccccn5)CC4)CC32)s1. The number of fused-ring (bicyclic) bond motifs is 1. The fourth-order valence-corrected chi connectivity index (χ4v) is 6.83. The van der Waals surface area contributed by atoms with Gasteiger partial charge in [0, 0.05) is 62.3 Å². The molecule has 0 radical (unpaired) electrons. The number of pyridine rings is 1. The molecule has 37 heavy (non-hydrogen) atoms. The van der Waals surface area contributed by atoms with Gasteiger partial charge in [-0.3, -0.25) is 14.4 Å². The summed E-state index contributed by atoms with van der Waals surface area (Å²) in [4.78, 5) is 52.9. The van der Waals surface area contributed by atoms with Gasteiger partial charge in [-0.15, -0.1) is 11.3 Å². The largest absolute Gasteiger partial charge is 0.356 e. The Balaban J connectivity index is 1.31. The monoisotopic (exact) mass is 523 g/mol. The van der Waals surface area contributed by atoms with Crippen LogP contribution in [0.3, 0.4) is 0 Å². The zero-order valence-electron chi connectivity index (χ0n) is 21.6. The summed E-state index contributed by atoms with van der Waals surface area (Å²) in [5.41, 5.74) is 0. The molecule has 1 N–H and O–H groups in total. The number of hydrogen-bond donors (Lipinski definition) is 1.